The third-order valence-corrected chi connectivity index (χ3v) is 7.30. The van der Waals surface area contributed by atoms with Crippen LogP contribution in [0.4, 0.5) is 0 Å². The summed E-state index contributed by atoms with van der Waals surface area (Å²) in [4.78, 5) is 60.0. The van der Waals surface area contributed by atoms with E-state index in [9.17, 15) is 19.2 Å². The van der Waals surface area contributed by atoms with Crippen molar-refractivity contribution in [3.63, 3.8) is 0 Å². The molecule has 3 heterocycles. The topological polar surface area (TPSA) is 150 Å². The highest BCUT2D eigenvalue weighted by Gasteiger charge is 2.30. The molecular formula is C30H37N7O5. The number of carbonyl (C=O) groups excluding carboxylic acids is 4. The van der Waals surface area contributed by atoms with E-state index in [2.05, 4.69) is 25.8 Å². The zero-order chi connectivity index (χ0) is 30.1. The number of benzene rings is 1. The third-order valence-electron chi connectivity index (χ3n) is 7.30. The zero-order valence-electron chi connectivity index (χ0n) is 24.1. The predicted molar refractivity (Wildman–Crippen MR) is 155 cm³/mol. The molecule has 1 fully saturated rings. The minimum absolute atomic E-state index is 0.120. The fraction of sp³-hybridized carbons (Fsp3) is 0.400. The van der Waals surface area contributed by atoms with Gasteiger partial charge in [0.2, 0.25) is 17.7 Å². The summed E-state index contributed by atoms with van der Waals surface area (Å²) in [5, 5.41) is 12.8. The van der Waals surface area contributed by atoms with Crippen LogP contribution in [-0.2, 0) is 20.8 Å². The number of carbonyl (C=O) groups is 4. The summed E-state index contributed by atoms with van der Waals surface area (Å²) in [5.41, 5.74) is 2.33. The number of methoxy groups -OCH3 is 1. The fourth-order valence-corrected chi connectivity index (χ4v) is 4.70. The van der Waals surface area contributed by atoms with E-state index < -0.39 is 12.1 Å². The van der Waals surface area contributed by atoms with Gasteiger partial charge >= 0.3 is 0 Å². The molecule has 3 aromatic rings. The Bertz CT molecular complexity index is 1380. The minimum Gasteiger partial charge on any atom is -0.497 e. The van der Waals surface area contributed by atoms with Crippen LogP contribution in [0, 0.1) is 0 Å². The smallest absolute Gasteiger partial charge is 0.271 e. The molecule has 1 aromatic carbocycles. The summed E-state index contributed by atoms with van der Waals surface area (Å²) in [7, 11) is 3.13. The number of hydrogen-bond acceptors (Lipinski definition) is 7. The van der Waals surface area contributed by atoms with Crippen LogP contribution in [0.3, 0.4) is 0 Å². The van der Waals surface area contributed by atoms with Gasteiger partial charge in [-0.2, -0.15) is 5.10 Å². The summed E-state index contributed by atoms with van der Waals surface area (Å²) >= 11 is 0. The highest BCUT2D eigenvalue weighted by molar-refractivity contribution is 5.94. The van der Waals surface area contributed by atoms with E-state index in [1.165, 1.54) is 4.90 Å². The van der Waals surface area contributed by atoms with Crippen LogP contribution in [-0.4, -0.2) is 94.5 Å². The molecule has 12 heteroatoms. The van der Waals surface area contributed by atoms with E-state index in [1.807, 2.05) is 18.2 Å². The van der Waals surface area contributed by atoms with Gasteiger partial charge < -0.3 is 25.2 Å². The third kappa shape index (κ3) is 7.71. The maximum Gasteiger partial charge on any atom is 0.271 e. The van der Waals surface area contributed by atoms with Crippen molar-refractivity contribution in [2.75, 3.05) is 33.8 Å². The maximum absolute atomic E-state index is 13.5. The number of rotatable bonds is 5. The van der Waals surface area contributed by atoms with Crippen LogP contribution in [0.5, 0.6) is 5.75 Å². The van der Waals surface area contributed by atoms with Crippen molar-refractivity contribution < 1.29 is 23.9 Å². The average Bonchev–Trinajstić information content (AvgIpc) is 3.51. The van der Waals surface area contributed by atoms with Gasteiger partial charge in [0.1, 0.15) is 29.2 Å². The van der Waals surface area contributed by atoms with Crippen LogP contribution >= 0.6 is 0 Å². The predicted octanol–water partition coefficient (Wildman–Crippen LogP) is 1.80. The lowest BCUT2D eigenvalue weighted by Gasteiger charge is -2.29. The van der Waals surface area contributed by atoms with Gasteiger partial charge in [-0.05, 0) is 55.7 Å². The van der Waals surface area contributed by atoms with Crippen molar-refractivity contribution >= 4 is 23.6 Å². The van der Waals surface area contributed by atoms with Crippen molar-refractivity contribution in [1.29, 1.82) is 0 Å². The first-order valence-corrected chi connectivity index (χ1v) is 14.0. The minimum atomic E-state index is -0.871. The SMILES string of the molecule is COc1ccc(C[C@@H]2NC(=O)CCCN(C(=O)c3cc(-c4ccccn4)n[nH]3)CCCNC(=O)[C@H](C)N(C)C2=O)cc1. The second kappa shape index (κ2) is 14.2. The fourth-order valence-electron chi connectivity index (χ4n) is 4.70. The van der Waals surface area contributed by atoms with Crippen molar-refractivity contribution in [3.05, 3.63) is 66.0 Å². The van der Waals surface area contributed by atoms with E-state index in [1.54, 1.807) is 62.5 Å². The second-order valence-electron chi connectivity index (χ2n) is 10.2. The van der Waals surface area contributed by atoms with E-state index >= 15 is 0 Å². The largest absolute Gasteiger partial charge is 0.497 e. The Morgan fingerprint density at radius 3 is 2.52 bits per heavy atom. The lowest BCUT2D eigenvalue weighted by atomic mass is 10.0. The Hall–Kier alpha value is -4.74. The normalized spacial score (nSPS) is 19.4. The molecule has 0 bridgehead atoms. The van der Waals surface area contributed by atoms with Gasteiger partial charge in [0.25, 0.3) is 5.91 Å². The summed E-state index contributed by atoms with van der Waals surface area (Å²) in [6.07, 6.45) is 2.91. The first kappa shape index (κ1) is 30.2. The van der Waals surface area contributed by atoms with E-state index in [-0.39, 0.29) is 36.5 Å². The Labute approximate surface area is 244 Å². The van der Waals surface area contributed by atoms with Crippen LogP contribution in [0.2, 0.25) is 0 Å². The molecule has 222 valence electrons. The quantitative estimate of drug-likeness (QED) is 0.420. The highest BCUT2D eigenvalue weighted by atomic mass is 16.5. The number of H-pyrrole nitrogens is 1. The lowest BCUT2D eigenvalue weighted by Crippen LogP contribution is -2.54. The molecule has 0 spiro atoms. The molecule has 0 saturated carbocycles. The van der Waals surface area contributed by atoms with E-state index in [4.69, 9.17) is 4.74 Å². The van der Waals surface area contributed by atoms with Gasteiger partial charge in [0, 0.05) is 45.7 Å². The Kier molecular flexibility index (Phi) is 10.2. The number of aromatic nitrogens is 3. The standard InChI is InChI=1S/C30H37N7O5/c1-20-28(39)32-15-7-17-37(30(41)26-19-24(34-35-26)23-8-4-5-14-31-23)16-6-9-27(38)33-25(29(40)36(20)2)18-21-10-12-22(42-3)13-11-21/h4-5,8,10-14,19-20,25H,6-7,9,15-18H2,1-3H3,(H,32,39)(H,33,38)(H,34,35)/t20-,25-/m0/s1. The van der Waals surface area contributed by atoms with Gasteiger partial charge in [-0.25, -0.2) is 0 Å². The summed E-state index contributed by atoms with van der Waals surface area (Å²) < 4.78 is 5.21. The molecule has 3 N–H and O–H groups in total. The lowest BCUT2D eigenvalue weighted by molar-refractivity contribution is -0.141. The molecule has 0 aliphatic carbocycles. The molecule has 1 aliphatic heterocycles. The number of nitrogens with zero attached hydrogens (tertiary/aromatic N) is 4. The molecule has 0 radical (unpaired) electrons. The molecule has 2 aromatic heterocycles. The van der Waals surface area contributed by atoms with E-state index in [0.717, 1.165) is 5.56 Å². The van der Waals surface area contributed by atoms with Gasteiger partial charge in [-0.15, -0.1) is 0 Å². The molecule has 2 atom stereocenters. The Morgan fingerprint density at radius 1 is 1.05 bits per heavy atom. The summed E-state index contributed by atoms with van der Waals surface area (Å²) in [6, 6.07) is 12.7. The number of likely N-dealkylation sites (N-methyl/N-ethyl adjacent to an activating group) is 1. The number of nitrogens with one attached hydrogen (secondary N) is 3. The van der Waals surface area contributed by atoms with Gasteiger partial charge in [0.05, 0.1) is 12.8 Å². The molecule has 12 nitrogen and oxygen atoms in total. The highest BCUT2D eigenvalue weighted by Crippen LogP contribution is 2.17. The molecule has 0 unspecified atom stereocenters. The van der Waals surface area contributed by atoms with Crippen molar-refractivity contribution in [1.82, 2.24) is 35.6 Å². The van der Waals surface area contributed by atoms with Crippen LogP contribution in [0.15, 0.2) is 54.7 Å². The monoisotopic (exact) mass is 575 g/mol. The number of hydrogen-bond donors (Lipinski definition) is 3. The molecule has 4 amide bonds. The van der Waals surface area contributed by atoms with Crippen LogP contribution in [0.25, 0.3) is 11.4 Å². The van der Waals surface area contributed by atoms with Crippen LogP contribution < -0.4 is 15.4 Å². The number of ether oxygens (including phenoxy) is 1. The number of aromatic amines is 1. The first-order valence-electron chi connectivity index (χ1n) is 14.0. The van der Waals surface area contributed by atoms with Gasteiger partial charge in [0.15, 0.2) is 0 Å². The Balaban J connectivity index is 1.49. The first-order chi connectivity index (χ1) is 20.3. The summed E-state index contributed by atoms with van der Waals surface area (Å²) in [6.45, 7) is 2.64. The molecule has 42 heavy (non-hydrogen) atoms. The maximum atomic E-state index is 13.5. The van der Waals surface area contributed by atoms with Gasteiger partial charge in [-0.3, -0.25) is 29.3 Å². The zero-order valence-corrected chi connectivity index (χ0v) is 24.1. The van der Waals surface area contributed by atoms with Crippen LogP contribution in [0.1, 0.15) is 42.2 Å². The van der Waals surface area contributed by atoms with Crippen molar-refractivity contribution in [3.8, 4) is 17.1 Å². The Morgan fingerprint density at radius 2 is 1.81 bits per heavy atom. The summed E-state index contributed by atoms with van der Waals surface area (Å²) in [5.74, 6) is -0.575. The molecule has 1 saturated heterocycles. The average molecular weight is 576 g/mol. The molecule has 4 rings (SSSR count). The van der Waals surface area contributed by atoms with Crippen molar-refractivity contribution in [2.24, 2.45) is 0 Å². The molecule has 1 aliphatic rings. The van der Waals surface area contributed by atoms with Crippen molar-refractivity contribution in [2.45, 2.75) is 44.7 Å². The van der Waals surface area contributed by atoms with Gasteiger partial charge in [-0.1, -0.05) is 18.2 Å². The molecular weight excluding hydrogens is 538 g/mol. The number of amides is 4. The van der Waals surface area contributed by atoms with E-state index in [0.29, 0.717) is 55.3 Å². The second-order valence-corrected chi connectivity index (χ2v) is 10.2. The number of pyridine rings is 1.